The normalized spacial score (nSPS) is 14.3. The number of nitrogens with zero attached hydrogens (tertiary/aromatic N) is 1. The van der Waals surface area contributed by atoms with Crippen LogP contribution in [0.25, 0.3) is 16.8 Å². The van der Waals surface area contributed by atoms with Gasteiger partial charge in [-0.25, -0.2) is 9.79 Å². The molecule has 0 unspecified atom stereocenters. The first-order valence-corrected chi connectivity index (χ1v) is 10.0. The molecule has 0 saturated carbocycles. The molecule has 7 nitrogen and oxygen atoms in total. The van der Waals surface area contributed by atoms with Crippen molar-refractivity contribution in [3.8, 4) is 17.2 Å². The summed E-state index contributed by atoms with van der Waals surface area (Å²) < 4.78 is 21.5. The molecule has 0 bridgehead atoms. The molecule has 3 aromatic rings. The number of carbonyl (C=O) groups excluding carboxylic acids is 2. The molecule has 0 atom stereocenters. The van der Waals surface area contributed by atoms with Crippen LogP contribution in [0.15, 0.2) is 65.3 Å². The Morgan fingerprint density at radius 2 is 1.72 bits per heavy atom. The summed E-state index contributed by atoms with van der Waals surface area (Å²) in [5, 5.41) is 1.96. The number of benzene rings is 3. The monoisotopic (exact) mass is 431 g/mol. The van der Waals surface area contributed by atoms with Crippen molar-refractivity contribution in [2.75, 3.05) is 14.2 Å². The molecule has 32 heavy (non-hydrogen) atoms. The Kier molecular flexibility index (Phi) is 5.89. The molecular weight excluding hydrogens is 410 g/mol. The average Bonchev–Trinajstić information content (AvgIpc) is 3.18. The number of rotatable bonds is 6. The van der Waals surface area contributed by atoms with Crippen molar-refractivity contribution in [1.29, 1.82) is 0 Å². The van der Waals surface area contributed by atoms with E-state index in [0.717, 1.165) is 16.3 Å². The third-order valence-corrected chi connectivity index (χ3v) is 4.93. The molecule has 4 rings (SSSR count). The minimum atomic E-state index is -0.563. The van der Waals surface area contributed by atoms with Gasteiger partial charge in [-0.3, -0.25) is 4.79 Å². The zero-order valence-electron chi connectivity index (χ0n) is 17.9. The van der Waals surface area contributed by atoms with Gasteiger partial charge in [0.25, 0.3) is 0 Å². The lowest BCUT2D eigenvalue weighted by Gasteiger charge is -2.13. The van der Waals surface area contributed by atoms with Crippen molar-refractivity contribution in [3.63, 3.8) is 0 Å². The average molecular weight is 431 g/mol. The number of hydrogen-bond donors (Lipinski definition) is 0. The minimum absolute atomic E-state index is 0.135. The molecule has 0 N–H and O–H groups in total. The van der Waals surface area contributed by atoms with Gasteiger partial charge >= 0.3 is 11.9 Å². The van der Waals surface area contributed by atoms with Crippen molar-refractivity contribution in [3.05, 3.63) is 71.4 Å². The molecular formula is C25H21NO6. The Morgan fingerprint density at radius 1 is 1.03 bits per heavy atom. The molecule has 0 spiro atoms. The summed E-state index contributed by atoms with van der Waals surface area (Å²) in [6.45, 7) is 1.69. The Hall–Kier alpha value is -4.13. The lowest BCUT2D eigenvalue weighted by molar-refractivity contribution is -0.134. The molecule has 0 fully saturated rings. The summed E-state index contributed by atoms with van der Waals surface area (Å²) in [6, 6.07) is 16.8. The van der Waals surface area contributed by atoms with Crippen molar-refractivity contribution in [1.82, 2.24) is 0 Å². The highest BCUT2D eigenvalue weighted by atomic mass is 16.6. The van der Waals surface area contributed by atoms with Crippen LogP contribution in [-0.4, -0.2) is 32.1 Å². The molecule has 0 saturated heterocycles. The number of fused-ring (bicyclic) bond motifs is 1. The number of methoxy groups -OCH3 is 2. The molecule has 0 aliphatic carbocycles. The Labute approximate surface area is 184 Å². The number of cyclic esters (lactones) is 1. The van der Waals surface area contributed by atoms with Crippen LogP contribution in [0.1, 0.15) is 24.5 Å². The highest BCUT2D eigenvalue weighted by Crippen LogP contribution is 2.39. The summed E-state index contributed by atoms with van der Waals surface area (Å²) in [6.07, 6.45) is 1.77. The van der Waals surface area contributed by atoms with Gasteiger partial charge in [-0.1, -0.05) is 43.3 Å². The lowest BCUT2D eigenvalue weighted by Crippen LogP contribution is -2.08. The van der Waals surface area contributed by atoms with E-state index in [0.29, 0.717) is 17.1 Å². The quantitative estimate of drug-likeness (QED) is 0.324. The van der Waals surface area contributed by atoms with E-state index in [2.05, 4.69) is 4.99 Å². The number of hydrogen-bond acceptors (Lipinski definition) is 7. The van der Waals surface area contributed by atoms with Gasteiger partial charge in [0.15, 0.2) is 17.2 Å². The van der Waals surface area contributed by atoms with Crippen LogP contribution in [0.5, 0.6) is 17.2 Å². The maximum Gasteiger partial charge on any atom is 0.363 e. The predicted molar refractivity (Wildman–Crippen MR) is 120 cm³/mol. The van der Waals surface area contributed by atoms with E-state index in [4.69, 9.17) is 18.9 Å². The van der Waals surface area contributed by atoms with E-state index in [1.165, 1.54) is 14.2 Å². The van der Waals surface area contributed by atoms with Gasteiger partial charge in [0, 0.05) is 12.0 Å². The summed E-state index contributed by atoms with van der Waals surface area (Å²) in [5.41, 5.74) is 1.44. The molecule has 0 aromatic heterocycles. The van der Waals surface area contributed by atoms with Crippen molar-refractivity contribution < 1.29 is 28.5 Å². The van der Waals surface area contributed by atoms with Gasteiger partial charge in [0.2, 0.25) is 11.6 Å². The Bertz CT molecular complexity index is 1240. The number of esters is 2. The predicted octanol–water partition coefficient (Wildman–Crippen LogP) is 4.52. The van der Waals surface area contributed by atoms with E-state index in [-0.39, 0.29) is 23.8 Å². The molecule has 1 aliphatic heterocycles. The van der Waals surface area contributed by atoms with Crippen LogP contribution in [-0.2, 0) is 14.3 Å². The van der Waals surface area contributed by atoms with Gasteiger partial charge in [-0.05, 0) is 40.6 Å². The zero-order valence-corrected chi connectivity index (χ0v) is 17.9. The molecule has 162 valence electrons. The summed E-state index contributed by atoms with van der Waals surface area (Å²) in [4.78, 5) is 28.7. The SMILES string of the molecule is CCC(=O)Oc1c(OC)cc(/C=C2/N=C(c3cccc4ccccc34)OC2=O)cc1OC. The highest BCUT2D eigenvalue weighted by molar-refractivity contribution is 6.17. The van der Waals surface area contributed by atoms with E-state index >= 15 is 0 Å². The fourth-order valence-electron chi connectivity index (χ4n) is 3.36. The van der Waals surface area contributed by atoms with Crippen LogP contribution in [0.4, 0.5) is 0 Å². The number of aliphatic imine (C=N–C) groups is 1. The van der Waals surface area contributed by atoms with E-state index in [1.54, 1.807) is 25.1 Å². The summed E-state index contributed by atoms with van der Waals surface area (Å²) in [7, 11) is 2.91. The minimum Gasteiger partial charge on any atom is -0.493 e. The third kappa shape index (κ3) is 4.05. The van der Waals surface area contributed by atoms with E-state index in [1.807, 2.05) is 42.5 Å². The van der Waals surface area contributed by atoms with Crippen LogP contribution in [0.2, 0.25) is 0 Å². The van der Waals surface area contributed by atoms with Crippen LogP contribution in [0, 0.1) is 0 Å². The first kappa shape index (κ1) is 21.1. The summed E-state index contributed by atoms with van der Waals surface area (Å²) in [5.74, 6) is 0.0254. The fourth-order valence-corrected chi connectivity index (χ4v) is 3.36. The molecule has 3 aromatic carbocycles. The van der Waals surface area contributed by atoms with Crippen molar-refractivity contribution in [2.24, 2.45) is 4.99 Å². The second-order valence-corrected chi connectivity index (χ2v) is 6.94. The molecule has 0 amide bonds. The molecule has 1 heterocycles. The van der Waals surface area contributed by atoms with Crippen LogP contribution >= 0.6 is 0 Å². The van der Waals surface area contributed by atoms with Crippen LogP contribution in [0.3, 0.4) is 0 Å². The first-order valence-electron chi connectivity index (χ1n) is 10.0. The van der Waals surface area contributed by atoms with E-state index < -0.39 is 11.9 Å². The third-order valence-electron chi connectivity index (χ3n) is 4.93. The number of ether oxygens (including phenoxy) is 4. The van der Waals surface area contributed by atoms with Crippen molar-refractivity contribution in [2.45, 2.75) is 13.3 Å². The largest absolute Gasteiger partial charge is 0.493 e. The molecule has 1 aliphatic rings. The second kappa shape index (κ2) is 8.93. The lowest BCUT2D eigenvalue weighted by atomic mass is 10.0. The van der Waals surface area contributed by atoms with Gasteiger partial charge in [-0.15, -0.1) is 0 Å². The molecule has 0 radical (unpaired) electrons. The van der Waals surface area contributed by atoms with Gasteiger partial charge < -0.3 is 18.9 Å². The van der Waals surface area contributed by atoms with Gasteiger partial charge in [0.05, 0.1) is 14.2 Å². The maximum absolute atomic E-state index is 12.5. The Morgan fingerprint density at radius 3 is 2.41 bits per heavy atom. The van der Waals surface area contributed by atoms with Crippen molar-refractivity contribution >= 4 is 34.7 Å². The van der Waals surface area contributed by atoms with Gasteiger partial charge in [0.1, 0.15) is 0 Å². The van der Waals surface area contributed by atoms with E-state index in [9.17, 15) is 9.59 Å². The second-order valence-electron chi connectivity index (χ2n) is 6.94. The summed E-state index contributed by atoms with van der Waals surface area (Å²) >= 11 is 0. The highest BCUT2D eigenvalue weighted by Gasteiger charge is 2.26. The van der Waals surface area contributed by atoms with Crippen LogP contribution < -0.4 is 14.2 Å². The number of carbonyl (C=O) groups is 2. The Balaban J connectivity index is 1.74. The maximum atomic E-state index is 12.5. The first-order chi connectivity index (χ1) is 15.5. The topological polar surface area (TPSA) is 83.4 Å². The smallest absolute Gasteiger partial charge is 0.363 e. The standard InChI is InChI=1S/C25H21NO6/c1-4-22(27)31-23-20(29-2)13-15(14-21(23)30-3)12-19-25(28)32-24(26-19)18-11-7-9-16-8-5-6-10-17(16)18/h5-14H,4H2,1-3H3/b19-12+. The zero-order chi connectivity index (χ0) is 22.7. The van der Waals surface area contributed by atoms with Gasteiger partial charge in [-0.2, -0.15) is 0 Å². The molecule has 7 heteroatoms. The fraction of sp³-hybridized carbons (Fsp3) is 0.160.